The second-order valence-corrected chi connectivity index (χ2v) is 10.7. The van der Waals surface area contributed by atoms with Gasteiger partial charge in [-0.3, -0.25) is 14.5 Å². The van der Waals surface area contributed by atoms with Crippen LogP contribution < -0.4 is 20.3 Å². The number of rotatable bonds is 5. The minimum Gasteiger partial charge on any atom is -0.494 e. The van der Waals surface area contributed by atoms with Crippen LogP contribution in [0, 0.1) is 0 Å². The number of ether oxygens (including phenoxy) is 1. The summed E-state index contributed by atoms with van der Waals surface area (Å²) in [5.74, 6) is 1.60. The minimum absolute atomic E-state index is 0.184. The smallest absolute Gasteiger partial charge is 0.227 e. The van der Waals surface area contributed by atoms with E-state index in [9.17, 15) is 9.59 Å². The molecule has 11 nitrogen and oxygen atoms in total. The summed E-state index contributed by atoms with van der Waals surface area (Å²) in [6.45, 7) is 12.6. The number of nitrogens with zero attached hydrogens (tertiary/aromatic N) is 6. The average Bonchev–Trinajstić information content (AvgIpc) is 2.99. The summed E-state index contributed by atoms with van der Waals surface area (Å²) in [6, 6.07) is 6.76. The van der Waals surface area contributed by atoms with Gasteiger partial charge < -0.3 is 30.1 Å². The second-order valence-electron chi connectivity index (χ2n) is 10.3. The molecule has 0 aliphatic carbocycles. The number of carbonyl (C=O) groups is 2. The zero-order valence-corrected chi connectivity index (χ0v) is 24.5. The van der Waals surface area contributed by atoms with Gasteiger partial charge in [0.05, 0.1) is 30.2 Å². The van der Waals surface area contributed by atoms with Crippen molar-refractivity contribution >= 4 is 40.7 Å². The number of carbonyl (C=O) groups excluding carboxylic acids is 2. The van der Waals surface area contributed by atoms with E-state index in [-0.39, 0.29) is 11.8 Å². The lowest BCUT2D eigenvalue weighted by Gasteiger charge is -2.43. The van der Waals surface area contributed by atoms with E-state index in [0.717, 1.165) is 95.4 Å². The zero-order valence-electron chi connectivity index (χ0n) is 23.7. The van der Waals surface area contributed by atoms with Crippen LogP contribution in [0.1, 0.15) is 26.7 Å². The van der Waals surface area contributed by atoms with Gasteiger partial charge in [0.1, 0.15) is 5.75 Å². The lowest BCUT2D eigenvalue weighted by molar-refractivity contribution is -0.131. The number of hydrogen-bond donors (Lipinski definition) is 2. The fourth-order valence-electron chi connectivity index (χ4n) is 5.35. The predicted molar refractivity (Wildman–Crippen MR) is 158 cm³/mol. The van der Waals surface area contributed by atoms with E-state index in [1.54, 1.807) is 33.4 Å². The summed E-state index contributed by atoms with van der Waals surface area (Å²) in [6.07, 6.45) is 5.37. The van der Waals surface area contributed by atoms with Crippen LogP contribution in [0.2, 0.25) is 5.02 Å². The molecule has 2 N–H and O–H groups in total. The highest BCUT2D eigenvalue weighted by Crippen LogP contribution is 2.33. The molecular formula is C28H41ClN8O3. The van der Waals surface area contributed by atoms with Crippen LogP contribution in [0.4, 0.5) is 17.3 Å². The third kappa shape index (κ3) is 8.18. The molecule has 3 saturated heterocycles. The van der Waals surface area contributed by atoms with Gasteiger partial charge in [0.2, 0.25) is 17.8 Å². The van der Waals surface area contributed by atoms with E-state index >= 15 is 0 Å². The lowest BCUT2D eigenvalue weighted by Crippen LogP contribution is -2.54. The second kappa shape index (κ2) is 14.5. The Labute approximate surface area is 241 Å². The highest BCUT2D eigenvalue weighted by Gasteiger charge is 2.28. The first-order valence-electron chi connectivity index (χ1n) is 14.0. The molecule has 0 spiro atoms. The van der Waals surface area contributed by atoms with Gasteiger partial charge in [-0.25, -0.2) is 9.97 Å². The van der Waals surface area contributed by atoms with E-state index in [1.165, 1.54) is 0 Å². The molecule has 3 aliphatic heterocycles. The van der Waals surface area contributed by atoms with Crippen LogP contribution in [-0.2, 0) is 9.59 Å². The van der Waals surface area contributed by atoms with Gasteiger partial charge in [-0.2, -0.15) is 0 Å². The Morgan fingerprint density at radius 2 is 1.52 bits per heavy atom. The molecule has 2 aromatic rings. The van der Waals surface area contributed by atoms with Gasteiger partial charge in [-0.15, -0.1) is 0 Å². The molecule has 40 heavy (non-hydrogen) atoms. The molecule has 1 aromatic carbocycles. The number of piperazine rings is 2. The number of piperidine rings is 1. The molecule has 0 radical (unpaired) electrons. The molecule has 0 atom stereocenters. The maximum atomic E-state index is 11.5. The highest BCUT2D eigenvalue weighted by atomic mass is 35.5. The van der Waals surface area contributed by atoms with Crippen LogP contribution in [-0.4, -0.2) is 115 Å². The van der Waals surface area contributed by atoms with Crippen molar-refractivity contribution in [2.45, 2.75) is 32.7 Å². The summed E-state index contributed by atoms with van der Waals surface area (Å²) in [4.78, 5) is 39.4. The van der Waals surface area contributed by atoms with E-state index in [4.69, 9.17) is 16.3 Å². The Hall–Kier alpha value is -3.15. The first-order valence-corrected chi connectivity index (χ1v) is 14.3. The maximum absolute atomic E-state index is 11.5. The molecule has 12 heteroatoms. The van der Waals surface area contributed by atoms with Gasteiger partial charge in [-0.1, -0.05) is 11.6 Å². The van der Waals surface area contributed by atoms with Crippen LogP contribution >= 0.6 is 11.6 Å². The molecular weight excluding hydrogens is 532 g/mol. The van der Waals surface area contributed by atoms with E-state index in [1.807, 2.05) is 15.9 Å². The van der Waals surface area contributed by atoms with E-state index in [0.29, 0.717) is 17.0 Å². The first-order chi connectivity index (χ1) is 19.3. The van der Waals surface area contributed by atoms with Gasteiger partial charge in [-0.05, 0) is 25.0 Å². The number of halogens is 1. The van der Waals surface area contributed by atoms with Crippen LogP contribution in [0.15, 0.2) is 30.6 Å². The van der Waals surface area contributed by atoms with Gasteiger partial charge in [0.15, 0.2) is 0 Å². The van der Waals surface area contributed by atoms with Crippen molar-refractivity contribution in [3.8, 4) is 5.75 Å². The normalized spacial score (nSPS) is 18.6. The van der Waals surface area contributed by atoms with Gasteiger partial charge in [0.25, 0.3) is 0 Å². The van der Waals surface area contributed by atoms with Crippen molar-refractivity contribution in [3.05, 3.63) is 35.6 Å². The third-order valence-corrected chi connectivity index (χ3v) is 7.92. The molecule has 2 amide bonds. The van der Waals surface area contributed by atoms with Gasteiger partial charge in [0, 0.05) is 97.1 Å². The van der Waals surface area contributed by atoms with Crippen molar-refractivity contribution in [2.24, 2.45) is 0 Å². The number of methoxy groups -OCH3 is 1. The average molecular weight is 573 g/mol. The molecule has 0 saturated carbocycles. The highest BCUT2D eigenvalue weighted by molar-refractivity contribution is 6.30. The molecule has 0 bridgehead atoms. The van der Waals surface area contributed by atoms with Crippen LogP contribution in [0.5, 0.6) is 5.75 Å². The van der Waals surface area contributed by atoms with Crippen molar-refractivity contribution in [1.82, 2.24) is 30.0 Å². The molecule has 5 rings (SSSR count). The number of anilines is 3. The fourth-order valence-corrected chi connectivity index (χ4v) is 5.45. The topological polar surface area (TPSA) is 106 Å². The molecule has 218 valence electrons. The summed E-state index contributed by atoms with van der Waals surface area (Å²) in [7, 11) is 1.67. The van der Waals surface area contributed by atoms with Crippen molar-refractivity contribution in [2.75, 3.05) is 82.8 Å². The summed E-state index contributed by atoms with van der Waals surface area (Å²) >= 11 is 5.86. The molecule has 0 unspecified atom stereocenters. The first kappa shape index (κ1) is 29.8. The predicted octanol–water partition coefficient (Wildman–Crippen LogP) is 2.45. The van der Waals surface area contributed by atoms with E-state index in [2.05, 4.69) is 42.5 Å². The number of nitrogens with one attached hydrogen (secondary N) is 2. The van der Waals surface area contributed by atoms with E-state index < -0.39 is 0 Å². The number of hydrogen-bond acceptors (Lipinski definition) is 9. The molecule has 3 fully saturated rings. The van der Waals surface area contributed by atoms with Crippen LogP contribution in [0.3, 0.4) is 0 Å². The monoisotopic (exact) mass is 572 g/mol. The Morgan fingerprint density at radius 1 is 0.925 bits per heavy atom. The Morgan fingerprint density at radius 3 is 2.08 bits per heavy atom. The SMILES string of the molecule is CC(=O)N1CCNCC1.COc1cc(N2CCC(N3CCN(C(C)=O)CC3)CC2)ccc1Nc1ncc(Cl)cn1. The molecule has 3 aliphatic rings. The molecule has 1 aromatic heterocycles. The molecule has 4 heterocycles. The van der Waals surface area contributed by atoms with Crippen molar-refractivity contribution < 1.29 is 14.3 Å². The standard InChI is InChI=1S/C22H29ClN6O2.C6H12N2O/c1-16(30)27-9-11-29(12-10-27)18-5-7-28(8-6-18)19-3-4-20(21(13-19)31-2)26-22-24-14-17(23)15-25-22;1-6(9)8-4-2-7-3-5-8/h3-4,13-15,18H,5-12H2,1-2H3,(H,24,25,26);7H,2-5H2,1H3. The van der Waals surface area contributed by atoms with Crippen LogP contribution in [0.25, 0.3) is 0 Å². The maximum Gasteiger partial charge on any atom is 0.227 e. The Kier molecular flexibility index (Phi) is 10.8. The number of aromatic nitrogens is 2. The Balaban J connectivity index is 0.000000350. The summed E-state index contributed by atoms with van der Waals surface area (Å²) in [5.41, 5.74) is 1.96. The van der Waals surface area contributed by atoms with Crippen molar-refractivity contribution in [3.63, 3.8) is 0 Å². The fraction of sp³-hybridized carbons (Fsp3) is 0.571. The number of amides is 2. The summed E-state index contributed by atoms with van der Waals surface area (Å²) < 4.78 is 5.61. The Bertz CT molecular complexity index is 1110. The summed E-state index contributed by atoms with van der Waals surface area (Å²) in [5, 5.41) is 6.86. The third-order valence-electron chi connectivity index (χ3n) is 7.72. The van der Waals surface area contributed by atoms with Crippen molar-refractivity contribution in [1.29, 1.82) is 0 Å². The largest absolute Gasteiger partial charge is 0.494 e. The number of benzene rings is 1. The van der Waals surface area contributed by atoms with Gasteiger partial charge >= 0.3 is 0 Å². The minimum atomic E-state index is 0.184. The zero-order chi connectivity index (χ0) is 28.5. The quantitative estimate of drug-likeness (QED) is 0.559. The lowest BCUT2D eigenvalue weighted by atomic mass is 10.0.